The summed E-state index contributed by atoms with van der Waals surface area (Å²) < 4.78 is 1.93. The molecule has 3 N–H and O–H groups in total. The second-order valence-electron chi connectivity index (χ2n) is 6.81. The first-order chi connectivity index (χ1) is 10.2. The van der Waals surface area contributed by atoms with E-state index in [1.165, 1.54) is 0 Å². The normalized spacial score (nSPS) is 13.2. The largest absolute Gasteiger partial charge is 0.349 e. The van der Waals surface area contributed by atoms with Gasteiger partial charge in [-0.3, -0.25) is 9.69 Å². The maximum Gasteiger partial charge on any atom is 0.234 e. The molecule has 0 saturated carbocycles. The highest BCUT2D eigenvalue weighted by Crippen LogP contribution is 2.15. The topological polar surface area (TPSA) is 89.1 Å². The van der Waals surface area contributed by atoms with Crippen LogP contribution >= 0.6 is 24.8 Å². The fourth-order valence-electron chi connectivity index (χ4n) is 2.59. The Hall–Kier alpha value is -0.890. The van der Waals surface area contributed by atoms with Crippen LogP contribution in [-0.4, -0.2) is 51.2 Å². The Balaban J connectivity index is 0. The summed E-state index contributed by atoms with van der Waals surface area (Å²) in [7, 11) is 3.82. The Labute approximate surface area is 157 Å². The predicted octanol–water partition coefficient (Wildman–Crippen LogP) is 1.28. The number of rotatable bonds is 8. The number of nitrogens with one attached hydrogen (secondary N) is 1. The van der Waals surface area contributed by atoms with Crippen molar-refractivity contribution in [2.24, 2.45) is 18.7 Å². The van der Waals surface area contributed by atoms with Crippen LogP contribution < -0.4 is 11.1 Å². The molecular weight excluding hydrogens is 351 g/mol. The fourth-order valence-corrected chi connectivity index (χ4v) is 2.59. The van der Waals surface area contributed by atoms with E-state index in [0.717, 1.165) is 18.1 Å². The molecule has 1 aromatic rings. The lowest BCUT2D eigenvalue weighted by Crippen LogP contribution is -2.54. The van der Waals surface area contributed by atoms with Crippen LogP contribution in [0.4, 0.5) is 0 Å². The summed E-state index contributed by atoms with van der Waals surface area (Å²) in [5.74, 6) is 2.17. The van der Waals surface area contributed by atoms with E-state index in [1.54, 1.807) is 0 Å². The highest BCUT2D eigenvalue weighted by atomic mass is 35.5. The van der Waals surface area contributed by atoms with E-state index >= 15 is 0 Å². The monoisotopic (exact) mass is 382 g/mol. The van der Waals surface area contributed by atoms with Crippen molar-refractivity contribution in [3.05, 3.63) is 11.6 Å². The number of aromatic nitrogens is 3. The van der Waals surface area contributed by atoms with Crippen molar-refractivity contribution in [3.8, 4) is 0 Å². The lowest BCUT2D eigenvalue weighted by atomic mass is 9.91. The van der Waals surface area contributed by atoms with Crippen LogP contribution in [0.25, 0.3) is 0 Å². The maximum atomic E-state index is 12.2. The summed E-state index contributed by atoms with van der Waals surface area (Å²) in [6.07, 6.45) is 0.863. The molecule has 0 saturated heterocycles. The molecule has 0 aliphatic carbocycles. The zero-order valence-corrected chi connectivity index (χ0v) is 17.1. The number of aryl methyl sites for hydroxylation is 1. The Morgan fingerprint density at radius 3 is 2.38 bits per heavy atom. The third-order valence-corrected chi connectivity index (χ3v) is 3.76. The molecule has 7 nitrogen and oxygen atoms in total. The van der Waals surface area contributed by atoms with E-state index in [4.69, 9.17) is 5.73 Å². The summed E-state index contributed by atoms with van der Waals surface area (Å²) in [5.41, 5.74) is 5.48. The van der Waals surface area contributed by atoms with Gasteiger partial charge in [-0.15, -0.1) is 35.0 Å². The molecular formula is C15H32Cl2N6O. The van der Waals surface area contributed by atoms with Gasteiger partial charge >= 0.3 is 0 Å². The van der Waals surface area contributed by atoms with Crippen molar-refractivity contribution in [1.29, 1.82) is 0 Å². The van der Waals surface area contributed by atoms with Gasteiger partial charge < -0.3 is 15.6 Å². The van der Waals surface area contributed by atoms with E-state index in [0.29, 0.717) is 25.6 Å². The molecule has 24 heavy (non-hydrogen) atoms. The number of nitrogens with two attached hydrogens (primary N) is 1. The average molecular weight is 383 g/mol. The van der Waals surface area contributed by atoms with E-state index in [2.05, 4.69) is 29.4 Å². The van der Waals surface area contributed by atoms with Crippen LogP contribution in [0.1, 0.15) is 38.8 Å². The second kappa shape index (κ2) is 10.9. The highest BCUT2D eigenvalue weighted by molar-refractivity contribution is 5.85. The van der Waals surface area contributed by atoms with E-state index in [9.17, 15) is 4.79 Å². The number of hydrogen-bond acceptors (Lipinski definition) is 5. The van der Waals surface area contributed by atoms with E-state index in [-0.39, 0.29) is 36.3 Å². The van der Waals surface area contributed by atoms with Gasteiger partial charge in [-0.05, 0) is 33.2 Å². The molecule has 0 fully saturated rings. The Kier molecular flexibility index (Phi) is 11.5. The quantitative estimate of drug-likeness (QED) is 0.706. The molecule has 9 heteroatoms. The fraction of sp³-hybridized carbons (Fsp3) is 0.800. The number of amides is 1. The number of halogens is 2. The smallest absolute Gasteiger partial charge is 0.234 e. The first kappa shape index (κ1) is 25.4. The summed E-state index contributed by atoms with van der Waals surface area (Å²) in [5, 5.41) is 11.2. The summed E-state index contributed by atoms with van der Waals surface area (Å²) in [6.45, 7) is 9.47. The number of nitrogens with zero attached hydrogens (tertiary/aromatic N) is 4. The second-order valence-corrected chi connectivity index (χ2v) is 6.81. The number of likely N-dealkylation sites (N-methyl/N-ethyl adjacent to an activating group) is 1. The van der Waals surface area contributed by atoms with Gasteiger partial charge in [-0.2, -0.15) is 0 Å². The van der Waals surface area contributed by atoms with Gasteiger partial charge in [-0.1, -0.05) is 13.8 Å². The highest BCUT2D eigenvalue weighted by Gasteiger charge is 2.26. The van der Waals surface area contributed by atoms with Crippen LogP contribution in [0.15, 0.2) is 0 Å². The van der Waals surface area contributed by atoms with Crippen molar-refractivity contribution in [2.75, 3.05) is 20.1 Å². The van der Waals surface area contributed by atoms with Gasteiger partial charge in [0, 0.05) is 19.1 Å². The standard InChI is InChI=1S/C15H30N6O.2ClH/c1-11(2)7-15(4,10-16)17-14(22)9-20(5)8-13-19-18-12(3)21(13)6;;/h11H,7-10,16H2,1-6H3,(H,17,22);2*1H. The SMILES string of the molecule is Cc1nnc(CN(C)CC(=O)NC(C)(CN)CC(C)C)n1C.Cl.Cl. The summed E-state index contributed by atoms with van der Waals surface area (Å²) >= 11 is 0. The zero-order valence-electron chi connectivity index (χ0n) is 15.5. The van der Waals surface area contributed by atoms with Crippen molar-refractivity contribution in [3.63, 3.8) is 0 Å². The van der Waals surface area contributed by atoms with Crippen molar-refractivity contribution < 1.29 is 4.79 Å². The van der Waals surface area contributed by atoms with Crippen molar-refractivity contribution in [2.45, 2.75) is 46.2 Å². The number of hydrogen-bond donors (Lipinski definition) is 2. The van der Waals surface area contributed by atoms with Crippen molar-refractivity contribution >= 4 is 30.7 Å². The molecule has 1 aromatic heterocycles. The molecule has 0 spiro atoms. The first-order valence-corrected chi connectivity index (χ1v) is 7.71. The Morgan fingerprint density at radius 1 is 1.38 bits per heavy atom. The van der Waals surface area contributed by atoms with Gasteiger partial charge in [0.05, 0.1) is 13.1 Å². The van der Waals surface area contributed by atoms with Gasteiger partial charge in [0.1, 0.15) is 11.6 Å². The number of carbonyl (C=O) groups excluding carboxylic acids is 1. The lowest BCUT2D eigenvalue weighted by Gasteiger charge is -2.32. The van der Waals surface area contributed by atoms with Gasteiger partial charge in [-0.25, -0.2) is 0 Å². The molecule has 0 aromatic carbocycles. The molecule has 0 aliphatic rings. The first-order valence-electron chi connectivity index (χ1n) is 7.71. The molecule has 0 bridgehead atoms. The molecule has 0 radical (unpaired) electrons. The molecule has 1 rings (SSSR count). The Bertz CT molecular complexity index is 508. The van der Waals surface area contributed by atoms with Crippen molar-refractivity contribution in [1.82, 2.24) is 25.0 Å². The van der Waals surface area contributed by atoms with Crippen LogP contribution in [0, 0.1) is 12.8 Å². The van der Waals surface area contributed by atoms with E-state index < -0.39 is 0 Å². The number of carbonyl (C=O) groups is 1. The molecule has 1 unspecified atom stereocenters. The Morgan fingerprint density at radius 2 is 1.96 bits per heavy atom. The van der Waals surface area contributed by atoms with Crippen LogP contribution in [0.5, 0.6) is 0 Å². The predicted molar refractivity (Wildman–Crippen MR) is 102 cm³/mol. The summed E-state index contributed by atoms with van der Waals surface area (Å²) in [4.78, 5) is 14.2. The molecule has 1 heterocycles. The van der Waals surface area contributed by atoms with Gasteiger partial charge in [0.15, 0.2) is 0 Å². The lowest BCUT2D eigenvalue weighted by molar-refractivity contribution is -0.123. The molecule has 142 valence electrons. The van der Waals surface area contributed by atoms with Crippen LogP contribution in [-0.2, 0) is 18.4 Å². The molecule has 1 amide bonds. The van der Waals surface area contributed by atoms with Crippen LogP contribution in [0.2, 0.25) is 0 Å². The summed E-state index contributed by atoms with van der Waals surface area (Å²) in [6, 6.07) is 0. The average Bonchev–Trinajstić information content (AvgIpc) is 2.69. The van der Waals surface area contributed by atoms with Crippen LogP contribution in [0.3, 0.4) is 0 Å². The minimum absolute atomic E-state index is 0. The zero-order chi connectivity index (χ0) is 16.9. The minimum atomic E-state index is -0.354. The molecule has 0 aliphatic heterocycles. The third-order valence-electron chi connectivity index (χ3n) is 3.76. The minimum Gasteiger partial charge on any atom is -0.349 e. The van der Waals surface area contributed by atoms with Gasteiger partial charge in [0.25, 0.3) is 0 Å². The maximum absolute atomic E-state index is 12.2. The van der Waals surface area contributed by atoms with Gasteiger partial charge in [0.2, 0.25) is 5.91 Å². The van der Waals surface area contributed by atoms with E-state index in [1.807, 2.05) is 37.4 Å². The third kappa shape index (κ3) is 7.79. The molecule has 1 atom stereocenters.